The zero-order valence-corrected chi connectivity index (χ0v) is 20.1. The number of aromatic nitrogens is 4. The summed E-state index contributed by atoms with van der Waals surface area (Å²) in [5.74, 6) is 0.745. The van der Waals surface area contributed by atoms with Gasteiger partial charge in [-0.25, -0.2) is 23.5 Å². The SMILES string of the molecule is CC(C)S(=O)N1CCN(c2ccnc(Nc3nc4ccc(-c5ccncc5)nc4s3)c2)CC1. The lowest BCUT2D eigenvalue weighted by Gasteiger charge is -2.35. The first-order valence-electron chi connectivity index (χ1n) is 10.9. The molecular formula is C23H25N7OS2. The summed E-state index contributed by atoms with van der Waals surface area (Å²) in [6.45, 7) is 7.26. The Labute approximate surface area is 199 Å². The molecule has 0 radical (unpaired) electrons. The highest BCUT2D eigenvalue weighted by Crippen LogP contribution is 2.30. The quantitative estimate of drug-likeness (QED) is 0.446. The molecule has 1 N–H and O–H groups in total. The number of hydrogen-bond acceptors (Lipinski definition) is 8. The molecule has 170 valence electrons. The molecule has 0 amide bonds. The second kappa shape index (κ2) is 9.50. The Morgan fingerprint density at radius 2 is 1.79 bits per heavy atom. The average molecular weight is 480 g/mol. The molecule has 0 aromatic carbocycles. The second-order valence-corrected chi connectivity index (χ2v) is 11.0. The van der Waals surface area contributed by atoms with Gasteiger partial charge in [-0.2, -0.15) is 0 Å². The summed E-state index contributed by atoms with van der Waals surface area (Å²) in [5, 5.41) is 4.24. The highest BCUT2D eigenvalue weighted by atomic mass is 32.2. The Morgan fingerprint density at radius 3 is 2.55 bits per heavy atom. The highest BCUT2D eigenvalue weighted by molar-refractivity contribution is 7.83. The van der Waals surface area contributed by atoms with E-state index in [2.05, 4.69) is 29.5 Å². The van der Waals surface area contributed by atoms with Crippen LogP contribution in [-0.2, 0) is 11.0 Å². The Bertz CT molecular complexity index is 1270. The van der Waals surface area contributed by atoms with E-state index in [4.69, 9.17) is 4.98 Å². The van der Waals surface area contributed by atoms with Crippen molar-refractivity contribution < 1.29 is 4.21 Å². The van der Waals surface area contributed by atoms with Crippen LogP contribution in [0.1, 0.15) is 13.8 Å². The van der Waals surface area contributed by atoms with Crippen LogP contribution in [0.25, 0.3) is 21.6 Å². The predicted molar refractivity (Wildman–Crippen MR) is 135 cm³/mol. The van der Waals surface area contributed by atoms with E-state index < -0.39 is 11.0 Å². The van der Waals surface area contributed by atoms with E-state index in [0.29, 0.717) is 0 Å². The molecule has 1 fully saturated rings. The first kappa shape index (κ1) is 21.9. The average Bonchev–Trinajstić information content (AvgIpc) is 3.25. The molecule has 0 aliphatic carbocycles. The van der Waals surface area contributed by atoms with Crippen LogP contribution >= 0.6 is 11.3 Å². The number of pyridine rings is 3. The molecule has 4 aromatic rings. The van der Waals surface area contributed by atoms with Gasteiger partial charge in [0.25, 0.3) is 0 Å². The van der Waals surface area contributed by atoms with Gasteiger partial charge in [-0.3, -0.25) is 4.98 Å². The third kappa shape index (κ3) is 4.87. The normalized spacial score (nSPS) is 15.8. The van der Waals surface area contributed by atoms with Crippen LogP contribution in [0.15, 0.2) is 55.0 Å². The van der Waals surface area contributed by atoms with Crippen molar-refractivity contribution in [3.8, 4) is 11.3 Å². The van der Waals surface area contributed by atoms with Crippen LogP contribution < -0.4 is 10.2 Å². The van der Waals surface area contributed by atoms with Crippen molar-refractivity contribution in [1.29, 1.82) is 0 Å². The molecule has 5 heterocycles. The number of fused-ring (bicyclic) bond motifs is 1. The van der Waals surface area contributed by atoms with Gasteiger partial charge in [0.05, 0.1) is 16.7 Å². The predicted octanol–water partition coefficient (Wildman–Crippen LogP) is 4.09. The molecular weight excluding hydrogens is 454 g/mol. The zero-order valence-electron chi connectivity index (χ0n) is 18.5. The van der Waals surface area contributed by atoms with Crippen molar-refractivity contribution in [2.45, 2.75) is 19.1 Å². The molecule has 0 spiro atoms. The lowest BCUT2D eigenvalue weighted by atomic mass is 10.2. The standard InChI is InChI=1S/C23H25N7OS2/c1-16(2)33(31)30-13-11-29(12-14-30)18-7-10-25-21(15-18)28-23-27-20-4-3-19(26-22(20)32-23)17-5-8-24-9-6-17/h3-10,15-16H,11-14H2,1-2H3,(H,25,27,28). The summed E-state index contributed by atoms with van der Waals surface area (Å²) in [6, 6.07) is 11.9. The van der Waals surface area contributed by atoms with Gasteiger partial charge in [0, 0.05) is 67.3 Å². The molecule has 1 saturated heterocycles. The minimum Gasteiger partial charge on any atom is -0.369 e. The van der Waals surface area contributed by atoms with Crippen molar-refractivity contribution in [3.63, 3.8) is 0 Å². The van der Waals surface area contributed by atoms with Gasteiger partial charge in [-0.15, -0.1) is 0 Å². The van der Waals surface area contributed by atoms with Gasteiger partial charge in [0.1, 0.15) is 16.2 Å². The number of thiazole rings is 1. The molecule has 0 bridgehead atoms. The molecule has 0 saturated carbocycles. The van der Waals surface area contributed by atoms with E-state index in [1.54, 1.807) is 12.4 Å². The van der Waals surface area contributed by atoms with Crippen LogP contribution in [0.2, 0.25) is 0 Å². The first-order valence-corrected chi connectivity index (χ1v) is 12.9. The van der Waals surface area contributed by atoms with Gasteiger partial charge in [0.15, 0.2) is 5.13 Å². The minimum absolute atomic E-state index is 0.150. The van der Waals surface area contributed by atoms with Gasteiger partial charge in [0.2, 0.25) is 0 Å². The minimum atomic E-state index is -0.916. The monoisotopic (exact) mass is 479 g/mol. The van der Waals surface area contributed by atoms with E-state index in [0.717, 1.165) is 64.4 Å². The largest absolute Gasteiger partial charge is 0.369 e. The molecule has 1 aliphatic heterocycles. The van der Waals surface area contributed by atoms with E-state index in [1.165, 1.54) is 11.3 Å². The van der Waals surface area contributed by atoms with Crippen molar-refractivity contribution in [2.75, 3.05) is 36.4 Å². The molecule has 4 aromatic heterocycles. The molecule has 5 rings (SSSR count). The maximum Gasteiger partial charge on any atom is 0.190 e. The second-order valence-electron chi connectivity index (χ2n) is 8.04. The fraction of sp³-hybridized carbons (Fsp3) is 0.304. The van der Waals surface area contributed by atoms with E-state index in [-0.39, 0.29) is 5.25 Å². The lowest BCUT2D eigenvalue weighted by molar-refractivity contribution is 0.407. The molecule has 33 heavy (non-hydrogen) atoms. The fourth-order valence-electron chi connectivity index (χ4n) is 3.77. The summed E-state index contributed by atoms with van der Waals surface area (Å²) >= 11 is 1.51. The van der Waals surface area contributed by atoms with Crippen LogP contribution in [0, 0.1) is 0 Å². The summed E-state index contributed by atoms with van der Waals surface area (Å²) in [4.78, 5) is 21.2. The molecule has 1 unspecified atom stereocenters. The van der Waals surface area contributed by atoms with E-state index in [9.17, 15) is 4.21 Å². The molecule has 8 nitrogen and oxygen atoms in total. The lowest BCUT2D eigenvalue weighted by Crippen LogP contribution is -2.48. The maximum absolute atomic E-state index is 12.4. The van der Waals surface area contributed by atoms with E-state index >= 15 is 0 Å². The summed E-state index contributed by atoms with van der Waals surface area (Å²) in [7, 11) is -0.916. The summed E-state index contributed by atoms with van der Waals surface area (Å²) in [6.07, 6.45) is 5.34. The smallest absolute Gasteiger partial charge is 0.190 e. The van der Waals surface area contributed by atoms with Gasteiger partial charge in [-0.05, 0) is 44.2 Å². The number of anilines is 3. The zero-order chi connectivity index (χ0) is 22.8. The molecule has 1 aliphatic rings. The van der Waals surface area contributed by atoms with Gasteiger partial charge < -0.3 is 10.2 Å². The highest BCUT2D eigenvalue weighted by Gasteiger charge is 2.23. The number of nitrogens with zero attached hydrogens (tertiary/aromatic N) is 6. The topological polar surface area (TPSA) is 87.1 Å². The van der Waals surface area contributed by atoms with Crippen LogP contribution in [-0.4, -0.2) is 59.9 Å². The number of nitrogens with one attached hydrogen (secondary N) is 1. The first-order chi connectivity index (χ1) is 16.1. The Hall–Kier alpha value is -2.95. The molecule has 10 heteroatoms. The number of piperazine rings is 1. The third-order valence-corrected chi connectivity index (χ3v) is 8.03. The fourth-order valence-corrected chi connectivity index (χ4v) is 5.74. The maximum atomic E-state index is 12.4. The Kier molecular flexibility index (Phi) is 6.30. The van der Waals surface area contributed by atoms with Crippen LogP contribution in [0.4, 0.5) is 16.6 Å². The van der Waals surface area contributed by atoms with Gasteiger partial charge in [-0.1, -0.05) is 11.3 Å². The van der Waals surface area contributed by atoms with Crippen LogP contribution in [0.5, 0.6) is 0 Å². The van der Waals surface area contributed by atoms with Crippen molar-refractivity contribution in [1.82, 2.24) is 24.2 Å². The van der Waals surface area contributed by atoms with Crippen molar-refractivity contribution in [3.05, 3.63) is 55.0 Å². The van der Waals surface area contributed by atoms with Gasteiger partial charge >= 0.3 is 0 Å². The van der Waals surface area contributed by atoms with Crippen molar-refractivity contribution in [2.24, 2.45) is 0 Å². The Morgan fingerprint density at radius 1 is 1.00 bits per heavy atom. The summed E-state index contributed by atoms with van der Waals surface area (Å²) in [5.41, 5.74) is 3.88. The van der Waals surface area contributed by atoms with Crippen molar-refractivity contribution >= 4 is 49.3 Å². The van der Waals surface area contributed by atoms with Crippen LogP contribution in [0.3, 0.4) is 0 Å². The molecule has 1 atom stereocenters. The third-order valence-electron chi connectivity index (χ3n) is 5.47. The summed E-state index contributed by atoms with van der Waals surface area (Å²) < 4.78 is 14.4. The van der Waals surface area contributed by atoms with E-state index in [1.807, 2.05) is 56.4 Å². The Balaban J connectivity index is 1.29. The number of rotatable bonds is 6. The number of hydrogen-bond donors (Lipinski definition) is 1.